The summed E-state index contributed by atoms with van der Waals surface area (Å²) in [6.07, 6.45) is -1.64. The number of nitrogens with zero attached hydrogens (tertiary/aromatic N) is 1. The fraction of sp³-hybridized carbons (Fsp3) is 0.300. The van der Waals surface area contributed by atoms with E-state index in [1.807, 2.05) is 0 Å². The zero-order valence-corrected chi connectivity index (χ0v) is 17.1. The van der Waals surface area contributed by atoms with Crippen LogP contribution < -0.4 is 11.1 Å². The Bertz CT molecular complexity index is 1160. The number of carbonyl (C=O) groups excluding carboxylic acids is 1. The largest absolute Gasteiger partial charge is 0.417 e. The van der Waals surface area contributed by atoms with Crippen molar-refractivity contribution in [3.8, 4) is 0 Å². The van der Waals surface area contributed by atoms with Gasteiger partial charge < -0.3 is 11.1 Å². The van der Waals surface area contributed by atoms with Crippen LogP contribution in [0.1, 0.15) is 45.8 Å². The summed E-state index contributed by atoms with van der Waals surface area (Å²) in [6.45, 7) is 0. The molecule has 0 spiro atoms. The summed E-state index contributed by atoms with van der Waals surface area (Å²) in [5, 5.41) is 2.08. The Balaban J connectivity index is 1.83. The number of fused-ring (bicyclic) bond motifs is 2. The molecule has 0 unspecified atom stereocenters. The van der Waals surface area contributed by atoms with Gasteiger partial charge in [-0.2, -0.15) is 13.2 Å². The molecule has 1 aliphatic rings. The molecule has 0 saturated heterocycles. The Hall–Kier alpha value is -2.39. The number of halogens is 5. The highest BCUT2D eigenvalue weighted by Crippen LogP contribution is 2.45. The Kier molecular flexibility index (Phi) is 5.36. The number of nitrogens with two attached hydrogens (primary N) is 1. The van der Waals surface area contributed by atoms with Crippen molar-refractivity contribution < 1.29 is 22.4 Å². The van der Waals surface area contributed by atoms with Crippen molar-refractivity contribution in [2.24, 2.45) is 0 Å². The molecule has 30 heavy (non-hydrogen) atoms. The molecule has 3 N–H and O–H groups in total. The molecule has 0 fully saturated rings. The van der Waals surface area contributed by atoms with Crippen molar-refractivity contribution in [2.75, 3.05) is 11.1 Å². The summed E-state index contributed by atoms with van der Waals surface area (Å²) < 4.78 is 55.4. The van der Waals surface area contributed by atoms with Gasteiger partial charge in [0.2, 0.25) is 0 Å². The number of anilines is 2. The fourth-order valence-corrected chi connectivity index (χ4v) is 4.93. The van der Waals surface area contributed by atoms with Crippen molar-refractivity contribution in [3.63, 3.8) is 0 Å². The number of pyridine rings is 1. The number of benzene rings is 1. The van der Waals surface area contributed by atoms with Crippen molar-refractivity contribution in [2.45, 2.75) is 38.3 Å². The van der Waals surface area contributed by atoms with Crippen molar-refractivity contribution >= 4 is 50.4 Å². The summed E-state index contributed by atoms with van der Waals surface area (Å²) >= 11 is 6.53. The van der Waals surface area contributed by atoms with Crippen molar-refractivity contribution in [1.29, 1.82) is 0 Å². The van der Waals surface area contributed by atoms with Crippen LogP contribution in [-0.2, 0) is 19.0 Å². The number of amides is 1. The molecule has 4 nitrogen and oxygen atoms in total. The topological polar surface area (TPSA) is 68.0 Å². The Labute approximate surface area is 178 Å². The molecule has 0 bridgehead atoms. The summed E-state index contributed by atoms with van der Waals surface area (Å²) in [5.74, 6) is -1.36. The van der Waals surface area contributed by atoms with Crippen LogP contribution in [-0.4, -0.2) is 10.9 Å². The van der Waals surface area contributed by atoms with Gasteiger partial charge in [-0.3, -0.25) is 4.79 Å². The van der Waals surface area contributed by atoms with Gasteiger partial charge in [-0.15, -0.1) is 11.3 Å². The number of thiophene rings is 1. The van der Waals surface area contributed by atoms with Gasteiger partial charge in [0.25, 0.3) is 5.91 Å². The Morgan fingerprint density at radius 1 is 1.20 bits per heavy atom. The third kappa shape index (κ3) is 3.72. The zero-order chi connectivity index (χ0) is 21.6. The third-order valence-electron chi connectivity index (χ3n) is 5.07. The highest BCUT2D eigenvalue weighted by atomic mass is 35.5. The normalized spacial score (nSPS) is 14.4. The molecule has 0 aliphatic heterocycles. The fourth-order valence-electron chi connectivity index (χ4n) is 3.73. The Morgan fingerprint density at radius 2 is 1.93 bits per heavy atom. The van der Waals surface area contributed by atoms with Gasteiger partial charge in [0, 0.05) is 16.8 Å². The first kappa shape index (κ1) is 20.9. The number of aromatic nitrogens is 1. The van der Waals surface area contributed by atoms with E-state index in [1.54, 1.807) is 0 Å². The van der Waals surface area contributed by atoms with E-state index in [9.17, 15) is 22.4 Å². The molecule has 3 aromatic rings. The lowest BCUT2D eigenvalue weighted by Gasteiger charge is -2.16. The van der Waals surface area contributed by atoms with E-state index < -0.39 is 23.5 Å². The minimum absolute atomic E-state index is 0.0800. The number of aryl methyl sites for hydroxylation is 1. The second-order valence-electron chi connectivity index (χ2n) is 7.08. The van der Waals surface area contributed by atoms with Crippen molar-refractivity contribution in [1.82, 2.24) is 4.98 Å². The van der Waals surface area contributed by atoms with Gasteiger partial charge in [-0.05, 0) is 49.4 Å². The average Bonchev–Trinajstić information content (AvgIpc) is 2.84. The van der Waals surface area contributed by atoms with E-state index in [-0.39, 0.29) is 43.5 Å². The molecule has 4 rings (SSSR count). The second-order valence-corrected chi connectivity index (χ2v) is 8.48. The maximum atomic E-state index is 14.0. The minimum atomic E-state index is -4.62. The third-order valence-corrected chi connectivity index (χ3v) is 6.46. The van der Waals surface area contributed by atoms with Crippen LogP contribution in [0.5, 0.6) is 0 Å². The van der Waals surface area contributed by atoms with E-state index in [4.69, 9.17) is 17.3 Å². The molecule has 0 saturated carbocycles. The number of hydrogen-bond donors (Lipinski definition) is 2. The van der Waals surface area contributed by atoms with Crippen LogP contribution in [0.4, 0.5) is 28.9 Å². The van der Waals surface area contributed by atoms with Gasteiger partial charge in [-0.1, -0.05) is 18.0 Å². The number of hydrogen-bond acceptors (Lipinski definition) is 4. The predicted molar refractivity (Wildman–Crippen MR) is 110 cm³/mol. The maximum absolute atomic E-state index is 14.0. The number of carbonyl (C=O) groups is 1. The first-order valence-electron chi connectivity index (χ1n) is 9.24. The lowest BCUT2D eigenvalue weighted by atomic mass is 9.98. The number of alkyl halides is 3. The standard InChI is InChI=1S/C20H16ClF4N3OS/c21-11-8-9(6-7-12(11)22)27-18(29)17-16(26)14-15(20(23,24)25)10-4-2-1-3-5-13(10)28-19(14)30-17/h6-8H,1-5,26H2,(H,27,29). The summed E-state index contributed by atoms with van der Waals surface area (Å²) in [5.41, 5.74) is 5.79. The van der Waals surface area contributed by atoms with Gasteiger partial charge in [0.05, 0.1) is 16.3 Å². The van der Waals surface area contributed by atoms with E-state index in [0.717, 1.165) is 30.2 Å². The number of nitrogens with one attached hydrogen (secondary N) is 1. The van der Waals surface area contributed by atoms with Gasteiger partial charge in [0.15, 0.2) is 0 Å². The summed E-state index contributed by atoms with van der Waals surface area (Å²) in [7, 11) is 0. The lowest BCUT2D eigenvalue weighted by Crippen LogP contribution is -2.14. The summed E-state index contributed by atoms with van der Waals surface area (Å²) in [6, 6.07) is 3.58. The van der Waals surface area contributed by atoms with Crippen LogP contribution in [0, 0.1) is 5.82 Å². The van der Waals surface area contributed by atoms with Gasteiger partial charge >= 0.3 is 6.18 Å². The molecule has 10 heteroatoms. The molecule has 1 amide bonds. The molecule has 1 aliphatic carbocycles. The van der Waals surface area contributed by atoms with Crippen LogP contribution in [0.2, 0.25) is 5.02 Å². The smallest absolute Gasteiger partial charge is 0.397 e. The Morgan fingerprint density at radius 3 is 2.63 bits per heavy atom. The molecular weight excluding hydrogens is 442 g/mol. The number of rotatable bonds is 2. The average molecular weight is 458 g/mol. The predicted octanol–water partition coefficient (Wildman–Crippen LogP) is 6.21. The quantitative estimate of drug-likeness (QED) is 0.355. The van der Waals surface area contributed by atoms with E-state index in [2.05, 4.69) is 10.3 Å². The summed E-state index contributed by atoms with van der Waals surface area (Å²) in [4.78, 5) is 17.2. The van der Waals surface area contributed by atoms with E-state index in [1.165, 1.54) is 12.1 Å². The second kappa shape index (κ2) is 7.70. The molecule has 158 valence electrons. The molecule has 0 radical (unpaired) electrons. The van der Waals surface area contributed by atoms with Gasteiger partial charge in [0.1, 0.15) is 15.5 Å². The molecule has 0 atom stereocenters. The lowest BCUT2D eigenvalue weighted by molar-refractivity contribution is -0.136. The van der Waals surface area contributed by atoms with Gasteiger partial charge in [-0.25, -0.2) is 9.37 Å². The van der Waals surface area contributed by atoms with Crippen LogP contribution in [0.15, 0.2) is 18.2 Å². The van der Waals surface area contributed by atoms with Crippen LogP contribution in [0.25, 0.3) is 10.2 Å². The zero-order valence-electron chi connectivity index (χ0n) is 15.5. The molecular formula is C20H16ClF4N3OS. The SMILES string of the molecule is Nc1c(C(=O)Nc2ccc(F)c(Cl)c2)sc2nc3c(c(C(F)(F)F)c12)CCCCC3. The molecule has 1 aromatic carbocycles. The number of nitrogen functional groups attached to an aromatic ring is 1. The van der Waals surface area contributed by atoms with E-state index >= 15 is 0 Å². The highest BCUT2D eigenvalue weighted by Gasteiger charge is 2.39. The van der Waals surface area contributed by atoms with Crippen LogP contribution in [0.3, 0.4) is 0 Å². The van der Waals surface area contributed by atoms with E-state index in [0.29, 0.717) is 18.5 Å². The monoisotopic (exact) mass is 457 g/mol. The molecule has 2 aromatic heterocycles. The first-order chi connectivity index (χ1) is 14.2. The highest BCUT2D eigenvalue weighted by molar-refractivity contribution is 7.21. The first-order valence-corrected chi connectivity index (χ1v) is 10.4. The van der Waals surface area contributed by atoms with Crippen molar-refractivity contribution in [3.05, 3.63) is 50.7 Å². The molecule has 2 heterocycles. The maximum Gasteiger partial charge on any atom is 0.417 e. The van der Waals surface area contributed by atoms with Crippen LogP contribution >= 0.6 is 22.9 Å². The minimum Gasteiger partial charge on any atom is -0.397 e.